The molecule has 2 atom stereocenters. The van der Waals surface area contributed by atoms with E-state index in [1.807, 2.05) is 6.92 Å². The van der Waals surface area contributed by atoms with E-state index in [1.54, 1.807) is 12.1 Å². The van der Waals surface area contributed by atoms with Crippen LogP contribution < -0.4 is 9.47 Å². The smallest absolute Gasteiger partial charge is 0.315 e. The molecule has 0 radical (unpaired) electrons. The van der Waals surface area contributed by atoms with Crippen molar-refractivity contribution in [3.63, 3.8) is 0 Å². The van der Waals surface area contributed by atoms with Gasteiger partial charge in [0.2, 0.25) is 5.75 Å². The number of esters is 1. The molecule has 1 aromatic carbocycles. The van der Waals surface area contributed by atoms with Crippen LogP contribution in [-0.4, -0.2) is 42.9 Å². The molecule has 0 spiro atoms. The third-order valence-corrected chi connectivity index (χ3v) is 7.00. The van der Waals surface area contributed by atoms with Crippen molar-refractivity contribution in [2.75, 3.05) is 14.2 Å². The van der Waals surface area contributed by atoms with Crippen LogP contribution in [0.1, 0.15) is 70.8 Å². The molecular formula is C26H33NO6. The van der Waals surface area contributed by atoms with E-state index in [0.29, 0.717) is 29.7 Å². The lowest BCUT2D eigenvalue weighted by molar-refractivity contribution is -0.151. The Morgan fingerprint density at radius 1 is 1.09 bits per heavy atom. The van der Waals surface area contributed by atoms with E-state index in [0.717, 1.165) is 31.4 Å². The van der Waals surface area contributed by atoms with Crippen molar-refractivity contribution in [2.45, 2.75) is 71.3 Å². The number of phenolic OH excluding ortho intramolecular Hbond substituents is 1. The fraction of sp³-hybridized carbons (Fsp3) is 0.577. The molecule has 1 N–H and O–H groups in total. The van der Waals surface area contributed by atoms with E-state index in [2.05, 4.69) is 13.8 Å². The molecule has 0 aromatic heterocycles. The van der Waals surface area contributed by atoms with Crippen molar-refractivity contribution >= 4 is 17.5 Å². The highest BCUT2D eigenvalue weighted by atomic mass is 16.5. The minimum atomic E-state index is -0.728. The van der Waals surface area contributed by atoms with Crippen LogP contribution in [0, 0.1) is 11.3 Å². The van der Waals surface area contributed by atoms with Crippen molar-refractivity contribution in [2.24, 2.45) is 16.3 Å². The summed E-state index contributed by atoms with van der Waals surface area (Å²) < 4.78 is 16.6. The first-order chi connectivity index (χ1) is 15.6. The number of nitrogens with zero attached hydrogens (tertiary/aromatic N) is 1. The highest BCUT2D eigenvalue weighted by molar-refractivity contribution is 6.09. The monoisotopic (exact) mass is 455 g/mol. The van der Waals surface area contributed by atoms with E-state index in [4.69, 9.17) is 19.2 Å². The van der Waals surface area contributed by atoms with Gasteiger partial charge in [0.25, 0.3) is 0 Å². The quantitative estimate of drug-likeness (QED) is 0.646. The molecule has 7 heteroatoms. The van der Waals surface area contributed by atoms with Gasteiger partial charge in [-0.05, 0) is 62.1 Å². The number of ketones is 1. The molecular weight excluding hydrogens is 422 g/mol. The average molecular weight is 456 g/mol. The summed E-state index contributed by atoms with van der Waals surface area (Å²) >= 11 is 0. The van der Waals surface area contributed by atoms with Gasteiger partial charge in [-0.25, -0.2) is 0 Å². The highest BCUT2D eigenvalue weighted by Crippen LogP contribution is 2.50. The van der Waals surface area contributed by atoms with E-state index >= 15 is 0 Å². The maximum atomic E-state index is 13.5. The standard InChI is InChI=1S/C26H33NO6/c1-14-21(25(30)33-16-8-6-7-9-16)22(15-10-19(31-4)24(29)20(11-15)32-5)23-17(27-14)12-26(2,3)13-18(23)28/h10-11,16,21-22,29H,6-9,12-13H2,1-5H3/t21?,22-/m0/s1. The van der Waals surface area contributed by atoms with E-state index in [1.165, 1.54) is 14.2 Å². The summed E-state index contributed by atoms with van der Waals surface area (Å²) in [6, 6.07) is 3.35. The Kier molecular flexibility index (Phi) is 6.25. The Hall–Kier alpha value is -2.83. The maximum absolute atomic E-state index is 13.5. The van der Waals surface area contributed by atoms with E-state index in [-0.39, 0.29) is 40.5 Å². The fourth-order valence-electron chi connectivity index (χ4n) is 5.45. The number of Topliss-reactive ketones (excluding diaryl/α,β-unsaturated/α-hetero) is 1. The van der Waals surface area contributed by atoms with Crippen LogP contribution in [0.3, 0.4) is 0 Å². The number of carbonyl (C=O) groups excluding carboxylic acids is 2. The number of rotatable bonds is 5. The lowest BCUT2D eigenvalue weighted by Gasteiger charge is -2.39. The molecule has 3 aliphatic rings. The average Bonchev–Trinajstić information content (AvgIpc) is 3.24. The predicted molar refractivity (Wildman–Crippen MR) is 124 cm³/mol. The number of carbonyl (C=O) groups is 2. The molecule has 7 nitrogen and oxygen atoms in total. The van der Waals surface area contributed by atoms with Crippen LogP contribution >= 0.6 is 0 Å². The van der Waals surface area contributed by atoms with Crippen molar-refractivity contribution in [1.29, 1.82) is 0 Å². The van der Waals surface area contributed by atoms with Crippen LogP contribution in [0.2, 0.25) is 0 Å². The summed E-state index contributed by atoms with van der Waals surface area (Å²) in [5.41, 5.74) is 2.38. The number of allylic oxidation sites excluding steroid dienone is 2. The molecule has 33 heavy (non-hydrogen) atoms. The van der Waals surface area contributed by atoms with Gasteiger partial charge in [0.1, 0.15) is 12.0 Å². The Balaban J connectivity index is 1.85. The van der Waals surface area contributed by atoms with Gasteiger partial charge in [-0.1, -0.05) is 13.8 Å². The minimum Gasteiger partial charge on any atom is -0.502 e. The summed E-state index contributed by atoms with van der Waals surface area (Å²) in [5.74, 6) is -1.36. The third-order valence-electron chi connectivity index (χ3n) is 7.00. The second-order valence-electron chi connectivity index (χ2n) is 10.1. The van der Waals surface area contributed by atoms with E-state index < -0.39 is 11.8 Å². The lowest BCUT2D eigenvalue weighted by atomic mass is 9.67. The molecule has 0 amide bonds. The van der Waals surface area contributed by atoms with Gasteiger partial charge in [0.05, 0.1) is 14.2 Å². The van der Waals surface area contributed by atoms with Crippen LogP contribution in [0.4, 0.5) is 0 Å². The summed E-state index contributed by atoms with van der Waals surface area (Å²) in [6.07, 6.45) is 4.77. The molecule has 178 valence electrons. The molecule has 1 unspecified atom stereocenters. The number of methoxy groups -OCH3 is 2. The molecule has 1 saturated carbocycles. The number of aromatic hydroxyl groups is 1. The number of aliphatic imine (C=N–C) groups is 1. The number of phenols is 1. The van der Waals surface area contributed by atoms with Gasteiger partial charge in [0, 0.05) is 29.3 Å². The van der Waals surface area contributed by atoms with Gasteiger partial charge in [-0.15, -0.1) is 0 Å². The zero-order chi connectivity index (χ0) is 23.9. The third kappa shape index (κ3) is 4.37. The first-order valence-corrected chi connectivity index (χ1v) is 11.6. The largest absolute Gasteiger partial charge is 0.502 e. The highest BCUT2D eigenvalue weighted by Gasteiger charge is 2.47. The van der Waals surface area contributed by atoms with Gasteiger partial charge >= 0.3 is 5.97 Å². The van der Waals surface area contributed by atoms with Crippen molar-refractivity contribution in [3.8, 4) is 17.2 Å². The Labute approximate surface area is 194 Å². The first kappa shape index (κ1) is 23.3. The zero-order valence-electron chi connectivity index (χ0n) is 20.1. The molecule has 0 saturated heterocycles. The van der Waals surface area contributed by atoms with Gasteiger partial charge in [-0.3, -0.25) is 14.6 Å². The normalized spacial score (nSPS) is 24.9. The SMILES string of the molecule is COc1cc([C@@H]2C3=C(CC(C)(C)CC3=O)N=C(C)C2C(=O)OC2CCCC2)cc(OC)c1O. The molecule has 4 rings (SSSR count). The second kappa shape index (κ2) is 8.84. The maximum Gasteiger partial charge on any atom is 0.315 e. The summed E-state index contributed by atoms with van der Waals surface area (Å²) in [5, 5.41) is 10.4. The molecule has 1 heterocycles. The Morgan fingerprint density at radius 2 is 1.70 bits per heavy atom. The second-order valence-corrected chi connectivity index (χ2v) is 10.1. The summed E-state index contributed by atoms with van der Waals surface area (Å²) in [7, 11) is 2.91. The van der Waals surface area contributed by atoms with Crippen molar-refractivity contribution in [3.05, 3.63) is 29.0 Å². The van der Waals surface area contributed by atoms with Crippen molar-refractivity contribution < 1.29 is 28.9 Å². The number of benzene rings is 1. The lowest BCUT2D eigenvalue weighted by Crippen LogP contribution is -2.40. The van der Waals surface area contributed by atoms with Crippen LogP contribution in [0.5, 0.6) is 17.2 Å². The Morgan fingerprint density at radius 3 is 2.27 bits per heavy atom. The Bertz CT molecular complexity index is 1010. The van der Waals surface area contributed by atoms with Crippen LogP contribution in [-0.2, 0) is 14.3 Å². The van der Waals surface area contributed by atoms with Gasteiger partial charge < -0.3 is 19.3 Å². The number of hydrogen-bond donors (Lipinski definition) is 1. The predicted octanol–water partition coefficient (Wildman–Crippen LogP) is 4.71. The molecule has 2 aliphatic carbocycles. The van der Waals surface area contributed by atoms with Gasteiger partial charge in [0.15, 0.2) is 17.3 Å². The number of ether oxygens (including phenoxy) is 3. The minimum absolute atomic E-state index is 0.00725. The fourth-order valence-corrected chi connectivity index (χ4v) is 5.45. The molecule has 1 fully saturated rings. The topological polar surface area (TPSA) is 94.4 Å². The first-order valence-electron chi connectivity index (χ1n) is 11.6. The summed E-state index contributed by atoms with van der Waals surface area (Å²) in [6.45, 7) is 5.95. The van der Waals surface area contributed by atoms with Crippen molar-refractivity contribution in [1.82, 2.24) is 0 Å². The van der Waals surface area contributed by atoms with Gasteiger partial charge in [-0.2, -0.15) is 0 Å². The molecule has 0 bridgehead atoms. The zero-order valence-corrected chi connectivity index (χ0v) is 20.1. The van der Waals surface area contributed by atoms with Crippen LogP contribution in [0.15, 0.2) is 28.4 Å². The van der Waals surface area contributed by atoms with Crippen LogP contribution in [0.25, 0.3) is 0 Å². The van der Waals surface area contributed by atoms with E-state index in [9.17, 15) is 14.7 Å². The summed E-state index contributed by atoms with van der Waals surface area (Å²) in [4.78, 5) is 31.7. The molecule has 1 aliphatic heterocycles. The number of hydrogen-bond acceptors (Lipinski definition) is 7. The molecule has 1 aromatic rings.